The minimum Gasteiger partial charge on any atom is -0.452 e. The van der Waals surface area contributed by atoms with Crippen molar-refractivity contribution in [1.82, 2.24) is 14.9 Å². The predicted molar refractivity (Wildman–Crippen MR) is 80.0 cm³/mol. The van der Waals surface area contributed by atoms with Gasteiger partial charge in [-0.25, -0.2) is 13.1 Å². The molecule has 1 fully saturated rings. The lowest BCUT2D eigenvalue weighted by Gasteiger charge is -2.12. The average molecular weight is 366 g/mol. The molecule has 2 rings (SSSR count). The van der Waals surface area contributed by atoms with Gasteiger partial charge in [-0.15, -0.1) is 0 Å². The fourth-order valence-electron chi connectivity index (χ4n) is 2.23. The number of likely N-dealkylation sites (tertiary alicyclic amines) is 1. The maximum Gasteiger partial charge on any atom is 0.245 e. The Morgan fingerprint density at radius 2 is 2.30 bits per heavy atom. The van der Waals surface area contributed by atoms with Crippen molar-refractivity contribution in [3.8, 4) is 0 Å². The Bertz CT molecular complexity index is 558. The van der Waals surface area contributed by atoms with Crippen molar-refractivity contribution in [2.24, 2.45) is 0 Å². The lowest BCUT2D eigenvalue weighted by Crippen LogP contribution is -2.36. The fraction of sp³-hybridized carbons (Fsp3) is 0.667. The van der Waals surface area contributed by atoms with Gasteiger partial charge >= 0.3 is 0 Å². The van der Waals surface area contributed by atoms with Crippen LogP contribution in [0, 0.1) is 0 Å². The van der Waals surface area contributed by atoms with Crippen LogP contribution in [0.4, 0.5) is 0 Å². The highest BCUT2D eigenvalue weighted by Gasteiger charge is 2.28. The minimum absolute atomic E-state index is 0.0379. The first-order valence-corrected chi connectivity index (χ1v) is 8.89. The number of nitrogens with zero attached hydrogens (tertiary/aromatic N) is 1. The van der Waals surface area contributed by atoms with E-state index in [1.54, 1.807) is 6.07 Å². The van der Waals surface area contributed by atoms with Gasteiger partial charge in [0.2, 0.25) is 10.0 Å². The van der Waals surface area contributed by atoms with Crippen molar-refractivity contribution in [2.45, 2.75) is 30.8 Å². The van der Waals surface area contributed by atoms with E-state index >= 15 is 0 Å². The van der Waals surface area contributed by atoms with Gasteiger partial charge in [0.05, 0.1) is 6.54 Å². The first kappa shape index (κ1) is 16.0. The summed E-state index contributed by atoms with van der Waals surface area (Å²) in [5, 5.41) is 3.10. The van der Waals surface area contributed by atoms with Gasteiger partial charge < -0.3 is 14.6 Å². The molecule has 0 aliphatic carbocycles. The quantitative estimate of drug-likeness (QED) is 0.790. The van der Waals surface area contributed by atoms with Crippen LogP contribution in [0.25, 0.3) is 0 Å². The van der Waals surface area contributed by atoms with Crippen LogP contribution in [0.15, 0.2) is 20.0 Å². The summed E-state index contributed by atoms with van der Waals surface area (Å²) < 4.78 is 33.1. The third kappa shape index (κ3) is 3.82. The smallest absolute Gasteiger partial charge is 0.245 e. The van der Waals surface area contributed by atoms with E-state index in [1.807, 2.05) is 14.0 Å². The van der Waals surface area contributed by atoms with Crippen LogP contribution in [0.2, 0.25) is 0 Å². The van der Waals surface area contributed by atoms with Crippen LogP contribution in [0.3, 0.4) is 0 Å². The van der Waals surface area contributed by atoms with E-state index in [0.29, 0.717) is 12.3 Å². The van der Waals surface area contributed by atoms with Crippen molar-refractivity contribution in [2.75, 3.05) is 26.7 Å². The third-order valence-corrected chi connectivity index (χ3v) is 5.64. The summed E-state index contributed by atoms with van der Waals surface area (Å²) in [4.78, 5) is 2.27. The monoisotopic (exact) mass is 365 g/mol. The Kier molecular flexibility index (Phi) is 5.25. The zero-order valence-electron chi connectivity index (χ0n) is 11.6. The molecule has 0 aromatic carbocycles. The second kappa shape index (κ2) is 6.57. The summed E-state index contributed by atoms with van der Waals surface area (Å²) in [7, 11) is -1.56. The molecule has 2 heterocycles. The maximum absolute atomic E-state index is 12.4. The number of sulfonamides is 1. The first-order chi connectivity index (χ1) is 9.42. The van der Waals surface area contributed by atoms with Crippen molar-refractivity contribution in [3.63, 3.8) is 0 Å². The average Bonchev–Trinajstić information content (AvgIpc) is 2.93. The zero-order valence-corrected chi connectivity index (χ0v) is 14.1. The molecule has 1 aliphatic rings. The molecule has 8 heteroatoms. The maximum atomic E-state index is 12.4. The van der Waals surface area contributed by atoms with E-state index in [1.165, 1.54) is 0 Å². The normalized spacial score (nSPS) is 20.6. The van der Waals surface area contributed by atoms with Crippen molar-refractivity contribution >= 4 is 26.0 Å². The molecule has 0 amide bonds. The molecule has 1 aromatic heterocycles. The highest BCUT2D eigenvalue weighted by molar-refractivity contribution is 9.10. The Morgan fingerprint density at radius 1 is 1.55 bits per heavy atom. The van der Waals surface area contributed by atoms with Crippen LogP contribution >= 0.6 is 15.9 Å². The van der Waals surface area contributed by atoms with Gasteiger partial charge in [0, 0.05) is 18.7 Å². The summed E-state index contributed by atoms with van der Waals surface area (Å²) in [6.07, 6.45) is 0.829. The number of rotatable bonds is 6. The van der Waals surface area contributed by atoms with Crippen LogP contribution in [0.1, 0.15) is 19.1 Å². The molecule has 6 nitrogen and oxygen atoms in total. The van der Waals surface area contributed by atoms with Gasteiger partial charge in [0.15, 0.2) is 4.67 Å². The number of likely N-dealkylation sites (N-methyl/N-ethyl adjacent to an activating group) is 1. The standard InChI is InChI=1S/C12H20BrN3O3S/c1-3-14-7-10-6-11(12(13)19-10)20(17,18)15-9-4-5-16(2)8-9/h6,9,14-15H,3-5,7-8H2,1-2H3. The second-order valence-corrected chi connectivity index (χ2v) is 7.40. The van der Waals surface area contributed by atoms with Crippen LogP contribution in [0.5, 0.6) is 0 Å². The van der Waals surface area contributed by atoms with E-state index in [9.17, 15) is 8.42 Å². The van der Waals surface area contributed by atoms with Gasteiger partial charge in [0.25, 0.3) is 0 Å². The molecular formula is C12H20BrN3O3S. The van der Waals surface area contributed by atoms with Crippen molar-refractivity contribution in [1.29, 1.82) is 0 Å². The summed E-state index contributed by atoms with van der Waals surface area (Å²) in [6, 6.07) is 1.53. The Morgan fingerprint density at radius 3 is 2.90 bits per heavy atom. The molecule has 1 atom stereocenters. The van der Waals surface area contributed by atoms with E-state index in [2.05, 4.69) is 30.9 Å². The largest absolute Gasteiger partial charge is 0.452 e. The molecule has 1 unspecified atom stereocenters. The Hall–Kier alpha value is -0.410. The highest BCUT2D eigenvalue weighted by Crippen LogP contribution is 2.26. The molecule has 114 valence electrons. The number of hydrogen-bond donors (Lipinski definition) is 2. The lowest BCUT2D eigenvalue weighted by atomic mass is 10.3. The molecule has 0 bridgehead atoms. The molecule has 0 radical (unpaired) electrons. The van der Waals surface area contributed by atoms with E-state index in [-0.39, 0.29) is 15.6 Å². The fourth-order valence-corrected chi connectivity index (χ4v) is 4.49. The van der Waals surface area contributed by atoms with Crippen LogP contribution in [-0.2, 0) is 16.6 Å². The number of furan rings is 1. The topological polar surface area (TPSA) is 74.6 Å². The summed E-state index contributed by atoms with van der Waals surface area (Å²) in [5.41, 5.74) is 0. The molecule has 20 heavy (non-hydrogen) atoms. The Balaban J connectivity index is 2.10. The molecule has 2 N–H and O–H groups in total. The second-order valence-electron chi connectivity index (χ2n) is 5.00. The summed E-state index contributed by atoms with van der Waals surface area (Å²) >= 11 is 3.18. The van der Waals surface area contributed by atoms with Gasteiger partial charge in [-0.2, -0.15) is 0 Å². The van der Waals surface area contributed by atoms with E-state index < -0.39 is 10.0 Å². The van der Waals surface area contributed by atoms with Crippen LogP contribution in [-0.4, -0.2) is 46.0 Å². The number of nitrogens with one attached hydrogen (secondary N) is 2. The highest BCUT2D eigenvalue weighted by atomic mass is 79.9. The molecule has 1 aromatic rings. The van der Waals surface area contributed by atoms with E-state index in [0.717, 1.165) is 26.1 Å². The van der Waals surface area contributed by atoms with E-state index in [4.69, 9.17) is 4.42 Å². The molecule has 0 saturated carbocycles. The summed E-state index contributed by atoms with van der Waals surface area (Å²) in [5.74, 6) is 0.600. The third-order valence-electron chi connectivity index (χ3n) is 3.26. The molecule has 1 saturated heterocycles. The number of hydrogen-bond acceptors (Lipinski definition) is 5. The van der Waals surface area contributed by atoms with Crippen molar-refractivity contribution < 1.29 is 12.8 Å². The Labute approximate surface area is 128 Å². The predicted octanol–water partition coefficient (Wildman–Crippen LogP) is 1.13. The van der Waals surface area contributed by atoms with Crippen molar-refractivity contribution in [3.05, 3.63) is 16.5 Å². The number of halogens is 1. The minimum atomic E-state index is -3.55. The van der Waals surface area contributed by atoms with Gasteiger partial charge in [0.1, 0.15) is 10.7 Å². The molecule has 1 aliphatic heterocycles. The van der Waals surface area contributed by atoms with Gasteiger partial charge in [-0.05, 0) is 42.5 Å². The lowest BCUT2D eigenvalue weighted by molar-refractivity contribution is 0.407. The SMILES string of the molecule is CCNCc1cc(S(=O)(=O)NC2CCN(C)C2)c(Br)o1. The van der Waals surface area contributed by atoms with Crippen LogP contribution < -0.4 is 10.0 Å². The zero-order chi connectivity index (χ0) is 14.8. The first-order valence-electron chi connectivity index (χ1n) is 6.62. The molecule has 0 spiro atoms. The summed E-state index contributed by atoms with van der Waals surface area (Å²) in [6.45, 7) is 4.93. The molecular weight excluding hydrogens is 346 g/mol. The van der Waals surface area contributed by atoms with Gasteiger partial charge in [-0.3, -0.25) is 0 Å². The van der Waals surface area contributed by atoms with Gasteiger partial charge in [-0.1, -0.05) is 6.92 Å².